The maximum absolute atomic E-state index is 12.2. The third-order valence-corrected chi connectivity index (χ3v) is 4.03. The van der Waals surface area contributed by atoms with Crippen molar-refractivity contribution in [2.45, 2.75) is 31.5 Å². The molecule has 0 fully saturated rings. The summed E-state index contributed by atoms with van der Waals surface area (Å²) in [7, 11) is 0. The van der Waals surface area contributed by atoms with Crippen LogP contribution in [0.5, 0.6) is 0 Å². The largest absolute Gasteiger partial charge is 0.374 e. The second-order valence-electron chi connectivity index (χ2n) is 4.82. The molecule has 1 aromatic heterocycles. The summed E-state index contributed by atoms with van der Waals surface area (Å²) in [5.74, 6) is 5.55. The van der Waals surface area contributed by atoms with Crippen molar-refractivity contribution in [2.24, 2.45) is 0 Å². The number of hydrogen-bond acceptors (Lipinski definition) is 5. The van der Waals surface area contributed by atoms with Gasteiger partial charge in [0.1, 0.15) is 0 Å². The maximum Gasteiger partial charge on any atom is 0.374 e. The molecule has 0 aliphatic carbocycles. The van der Waals surface area contributed by atoms with Crippen LogP contribution >= 0.6 is 11.8 Å². The molecule has 1 heterocycles. The summed E-state index contributed by atoms with van der Waals surface area (Å²) >= 11 is 1.19. The highest BCUT2D eigenvalue weighted by Gasteiger charge is 2.18. The van der Waals surface area contributed by atoms with Gasteiger partial charge in [0.05, 0.1) is 6.04 Å². The third kappa shape index (κ3) is 3.16. The molecule has 1 atom stereocenters. The minimum absolute atomic E-state index is 0.244. The van der Waals surface area contributed by atoms with Crippen molar-refractivity contribution in [2.75, 3.05) is 12.1 Å². The third-order valence-electron chi connectivity index (χ3n) is 3.38. The monoisotopic (exact) mass is 321 g/mol. The first-order chi connectivity index (χ1) is 10.5. The number of nitrogens with two attached hydrogens (primary N) is 1. The van der Waals surface area contributed by atoms with Crippen molar-refractivity contribution in [3.63, 3.8) is 0 Å². The fourth-order valence-corrected chi connectivity index (χ4v) is 2.44. The van der Waals surface area contributed by atoms with Crippen molar-refractivity contribution in [3.05, 3.63) is 45.9 Å². The van der Waals surface area contributed by atoms with Crippen LogP contribution < -0.4 is 16.8 Å². The summed E-state index contributed by atoms with van der Waals surface area (Å²) in [5, 5.41) is 6.91. The summed E-state index contributed by atoms with van der Waals surface area (Å²) in [5.41, 5.74) is 1.51. The standard InChI is InChI=1S/C14H19N5O2S/c1-4-10-5-7-11(8-6-10)9(2)16-12(20)19-14(21)18(15)13(17-19)22-3/h5-9H,4,15H2,1-3H3,(H,16,20). The van der Waals surface area contributed by atoms with E-state index in [2.05, 4.69) is 17.3 Å². The summed E-state index contributed by atoms with van der Waals surface area (Å²) in [6, 6.07) is 7.11. The molecule has 22 heavy (non-hydrogen) atoms. The lowest BCUT2D eigenvalue weighted by molar-refractivity contribution is 0.235. The van der Waals surface area contributed by atoms with Crippen LogP contribution in [0.4, 0.5) is 4.79 Å². The highest BCUT2D eigenvalue weighted by molar-refractivity contribution is 7.98. The lowest BCUT2D eigenvalue weighted by atomic mass is 10.1. The summed E-state index contributed by atoms with van der Waals surface area (Å²) in [6.45, 7) is 3.93. The molecule has 0 radical (unpaired) electrons. The van der Waals surface area contributed by atoms with Crippen LogP contribution in [0.3, 0.4) is 0 Å². The normalized spacial score (nSPS) is 12.1. The van der Waals surface area contributed by atoms with Crippen molar-refractivity contribution >= 4 is 17.8 Å². The Hall–Kier alpha value is -2.22. The molecule has 2 rings (SSSR count). The Morgan fingerprint density at radius 3 is 2.55 bits per heavy atom. The van der Waals surface area contributed by atoms with E-state index in [1.165, 1.54) is 17.3 Å². The van der Waals surface area contributed by atoms with E-state index < -0.39 is 11.7 Å². The highest BCUT2D eigenvalue weighted by Crippen LogP contribution is 2.14. The average Bonchev–Trinajstić information content (AvgIpc) is 2.82. The summed E-state index contributed by atoms with van der Waals surface area (Å²) in [4.78, 5) is 24.0. The quantitative estimate of drug-likeness (QED) is 0.655. The van der Waals surface area contributed by atoms with Crippen LogP contribution in [0.2, 0.25) is 0 Å². The zero-order valence-corrected chi connectivity index (χ0v) is 13.6. The van der Waals surface area contributed by atoms with Gasteiger partial charge in [-0.15, -0.1) is 9.78 Å². The van der Waals surface area contributed by atoms with Crippen molar-refractivity contribution < 1.29 is 4.79 Å². The van der Waals surface area contributed by atoms with Crippen LogP contribution in [0.25, 0.3) is 0 Å². The van der Waals surface area contributed by atoms with Crippen LogP contribution in [-0.2, 0) is 6.42 Å². The second kappa shape index (κ2) is 6.69. The molecule has 118 valence electrons. The first-order valence-corrected chi connectivity index (χ1v) is 8.11. The molecule has 0 saturated carbocycles. The van der Waals surface area contributed by atoms with E-state index in [1.807, 2.05) is 31.2 Å². The van der Waals surface area contributed by atoms with Gasteiger partial charge in [-0.3, -0.25) is 0 Å². The fraction of sp³-hybridized carbons (Fsp3) is 0.357. The molecule has 8 heteroatoms. The topological polar surface area (TPSA) is 94.9 Å². The number of aromatic nitrogens is 3. The van der Waals surface area contributed by atoms with E-state index in [9.17, 15) is 9.59 Å². The fourth-order valence-electron chi connectivity index (χ4n) is 2.00. The van der Waals surface area contributed by atoms with Crippen LogP contribution in [0, 0.1) is 0 Å². The minimum atomic E-state index is -0.671. The van der Waals surface area contributed by atoms with Gasteiger partial charge in [0.15, 0.2) is 0 Å². The maximum atomic E-state index is 12.2. The van der Waals surface area contributed by atoms with Gasteiger partial charge in [0, 0.05) is 0 Å². The van der Waals surface area contributed by atoms with Crippen molar-refractivity contribution in [1.82, 2.24) is 19.8 Å². The molecule has 0 saturated heterocycles. The van der Waals surface area contributed by atoms with Gasteiger partial charge in [-0.25, -0.2) is 9.59 Å². The molecule has 2 aromatic rings. The molecule has 1 amide bonds. The van der Waals surface area contributed by atoms with Gasteiger partial charge in [-0.05, 0) is 30.7 Å². The van der Waals surface area contributed by atoms with E-state index in [-0.39, 0.29) is 11.2 Å². The molecule has 0 bridgehead atoms. The number of aryl methyl sites for hydroxylation is 1. The number of nitrogen functional groups attached to an aromatic ring is 1. The van der Waals surface area contributed by atoms with Gasteiger partial charge in [-0.1, -0.05) is 43.0 Å². The van der Waals surface area contributed by atoms with Gasteiger partial charge in [-0.2, -0.15) is 4.68 Å². The van der Waals surface area contributed by atoms with Crippen molar-refractivity contribution in [1.29, 1.82) is 0 Å². The Kier molecular flexibility index (Phi) is 4.92. The van der Waals surface area contributed by atoms with E-state index in [1.54, 1.807) is 6.26 Å². The number of carbonyl (C=O) groups is 1. The Morgan fingerprint density at radius 1 is 1.41 bits per heavy atom. The second-order valence-corrected chi connectivity index (χ2v) is 5.59. The van der Waals surface area contributed by atoms with Crippen LogP contribution in [0.15, 0.2) is 34.2 Å². The summed E-state index contributed by atoms with van der Waals surface area (Å²) in [6.07, 6.45) is 2.69. The van der Waals surface area contributed by atoms with E-state index >= 15 is 0 Å². The lowest BCUT2D eigenvalue weighted by Crippen LogP contribution is -2.40. The first kappa shape index (κ1) is 16.2. The van der Waals surface area contributed by atoms with Gasteiger partial charge >= 0.3 is 11.7 Å². The van der Waals surface area contributed by atoms with E-state index in [0.29, 0.717) is 0 Å². The Labute approximate surface area is 132 Å². The molecule has 0 aliphatic rings. The van der Waals surface area contributed by atoms with E-state index in [0.717, 1.165) is 21.3 Å². The van der Waals surface area contributed by atoms with E-state index in [4.69, 9.17) is 5.84 Å². The zero-order valence-electron chi connectivity index (χ0n) is 12.7. The molecular formula is C14H19N5O2S. The highest BCUT2D eigenvalue weighted by atomic mass is 32.2. The molecule has 7 nitrogen and oxygen atoms in total. The van der Waals surface area contributed by atoms with Crippen LogP contribution in [0.1, 0.15) is 31.0 Å². The van der Waals surface area contributed by atoms with Gasteiger partial charge in [0.2, 0.25) is 5.16 Å². The summed E-state index contributed by atoms with van der Waals surface area (Å²) < 4.78 is 1.59. The smallest absolute Gasteiger partial charge is 0.333 e. The Bertz CT molecular complexity index is 720. The molecule has 0 spiro atoms. The lowest BCUT2D eigenvalue weighted by Gasteiger charge is -2.14. The van der Waals surface area contributed by atoms with Gasteiger partial charge in [0.25, 0.3) is 0 Å². The number of nitrogens with one attached hydrogen (secondary N) is 1. The number of thioether (sulfide) groups is 1. The Balaban J connectivity index is 2.15. The molecule has 1 unspecified atom stereocenters. The number of rotatable bonds is 4. The first-order valence-electron chi connectivity index (χ1n) is 6.88. The molecule has 1 aromatic carbocycles. The SMILES string of the molecule is CCc1ccc(C(C)NC(=O)n2nc(SC)n(N)c2=O)cc1. The Morgan fingerprint density at radius 2 is 2.05 bits per heavy atom. The minimum Gasteiger partial charge on any atom is -0.333 e. The van der Waals surface area contributed by atoms with Gasteiger partial charge < -0.3 is 11.2 Å². The number of hydrogen-bond donors (Lipinski definition) is 2. The van der Waals surface area contributed by atoms with Crippen LogP contribution in [-0.4, -0.2) is 26.7 Å². The molecule has 3 N–H and O–H groups in total. The molecular weight excluding hydrogens is 302 g/mol. The zero-order chi connectivity index (χ0) is 16.3. The number of carbonyl (C=O) groups excluding carboxylic acids is 1. The predicted molar refractivity (Wildman–Crippen MR) is 86.6 cm³/mol. The number of benzene rings is 1. The molecule has 0 aliphatic heterocycles. The van der Waals surface area contributed by atoms with Crippen molar-refractivity contribution in [3.8, 4) is 0 Å². The number of amides is 1. The number of nitrogens with zero attached hydrogens (tertiary/aromatic N) is 3. The average molecular weight is 321 g/mol. The predicted octanol–water partition coefficient (Wildman–Crippen LogP) is 1.36.